The Morgan fingerprint density at radius 1 is 0.727 bits per heavy atom. The monoisotopic (exact) mass is 287 g/mol. The molecule has 0 saturated heterocycles. The van der Waals surface area contributed by atoms with Crippen molar-refractivity contribution in [3.05, 3.63) is 102 Å². The van der Waals surface area contributed by atoms with E-state index in [-0.39, 0.29) is 0 Å². The van der Waals surface area contributed by atoms with Crippen molar-refractivity contribution >= 4 is 5.69 Å². The summed E-state index contributed by atoms with van der Waals surface area (Å²) in [5.74, 6) is 0.415. The van der Waals surface area contributed by atoms with E-state index in [2.05, 4.69) is 91.1 Å². The highest BCUT2D eigenvalue weighted by molar-refractivity contribution is 5.43. The number of anilines is 1. The molecule has 0 heterocycles. The van der Waals surface area contributed by atoms with Crippen LogP contribution in [0.1, 0.15) is 29.5 Å². The van der Waals surface area contributed by atoms with E-state index in [0.717, 1.165) is 12.2 Å². The van der Waals surface area contributed by atoms with Gasteiger partial charge in [-0.15, -0.1) is 0 Å². The molecule has 3 rings (SSSR count). The fraction of sp³-hybridized carbons (Fsp3) is 0.143. The molecule has 0 fully saturated rings. The SMILES string of the molecule is CC(c1ccccc1)c1cccc(CNc2ccccc2)c1. The molecule has 1 atom stereocenters. The summed E-state index contributed by atoms with van der Waals surface area (Å²) < 4.78 is 0. The number of hydrogen-bond donors (Lipinski definition) is 1. The maximum atomic E-state index is 3.47. The van der Waals surface area contributed by atoms with Crippen LogP contribution in [-0.4, -0.2) is 0 Å². The molecule has 0 spiro atoms. The third-order valence-electron chi connectivity index (χ3n) is 4.02. The van der Waals surface area contributed by atoms with E-state index >= 15 is 0 Å². The van der Waals surface area contributed by atoms with Gasteiger partial charge in [0.25, 0.3) is 0 Å². The van der Waals surface area contributed by atoms with Crippen molar-refractivity contribution < 1.29 is 0 Å². The van der Waals surface area contributed by atoms with Crippen LogP contribution in [0.15, 0.2) is 84.9 Å². The lowest BCUT2D eigenvalue weighted by atomic mass is 9.92. The zero-order valence-corrected chi connectivity index (χ0v) is 12.9. The second kappa shape index (κ2) is 6.95. The van der Waals surface area contributed by atoms with Crippen LogP contribution < -0.4 is 5.32 Å². The van der Waals surface area contributed by atoms with Gasteiger partial charge in [-0.05, 0) is 28.8 Å². The molecule has 1 N–H and O–H groups in total. The van der Waals surface area contributed by atoms with Gasteiger partial charge in [-0.1, -0.05) is 79.7 Å². The molecular formula is C21H21N. The normalized spacial score (nSPS) is 11.9. The van der Waals surface area contributed by atoms with Crippen LogP contribution in [-0.2, 0) is 6.54 Å². The molecule has 0 amide bonds. The molecule has 0 aliphatic heterocycles. The summed E-state index contributed by atoms with van der Waals surface area (Å²) in [6.45, 7) is 3.11. The van der Waals surface area contributed by atoms with Gasteiger partial charge >= 0.3 is 0 Å². The minimum absolute atomic E-state index is 0.415. The lowest BCUT2D eigenvalue weighted by Crippen LogP contribution is -2.01. The average Bonchev–Trinajstić information content (AvgIpc) is 2.61. The summed E-state index contributed by atoms with van der Waals surface area (Å²) >= 11 is 0. The summed E-state index contributed by atoms with van der Waals surface area (Å²) in [4.78, 5) is 0. The van der Waals surface area contributed by atoms with Crippen LogP contribution in [0.5, 0.6) is 0 Å². The Morgan fingerprint density at radius 2 is 1.36 bits per heavy atom. The highest BCUT2D eigenvalue weighted by Crippen LogP contribution is 2.24. The van der Waals surface area contributed by atoms with Crippen molar-refractivity contribution in [2.45, 2.75) is 19.4 Å². The van der Waals surface area contributed by atoms with E-state index in [1.807, 2.05) is 6.07 Å². The van der Waals surface area contributed by atoms with Crippen LogP contribution in [0.3, 0.4) is 0 Å². The summed E-state index contributed by atoms with van der Waals surface area (Å²) in [5, 5.41) is 3.47. The first kappa shape index (κ1) is 14.4. The van der Waals surface area contributed by atoms with Gasteiger partial charge in [-0.25, -0.2) is 0 Å². The first-order chi connectivity index (χ1) is 10.8. The summed E-state index contributed by atoms with van der Waals surface area (Å²) in [6.07, 6.45) is 0. The molecule has 0 aliphatic rings. The average molecular weight is 287 g/mol. The third kappa shape index (κ3) is 3.56. The minimum Gasteiger partial charge on any atom is -0.381 e. The van der Waals surface area contributed by atoms with Gasteiger partial charge in [0.05, 0.1) is 0 Å². The Labute approximate surface area is 132 Å². The number of rotatable bonds is 5. The zero-order valence-electron chi connectivity index (χ0n) is 12.9. The standard InChI is InChI=1S/C21H21N/c1-17(19-10-4-2-5-11-19)20-12-8-9-18(15-20)16-22-21-13-6-3-7-14-21/h2-15,17,22H,16H2,1H3. The predicted octanol–water partition coefficient (Wildman–Crippen LogP) is 5.45. The van der Waals surface area contributed by atoms with Crippen LogP contribution in [0.4, 0.5) is 5.69 Å². The molecule has 0 aliphatic carbocycles. The van der Waals surface area contributed by atoms with Gasteiger partial charge in [-0.2, -0.15) is 0 Å². The molecule has 1 unspecified atom stereocenters. The van der Waals surface area contributed by atoms with Crippen molar-refractivity contribution in [1.82, 2.24) is 0 Å². The molecule has 0 aromatic heterocycles. The number of para-hydroxylation sites is 1. The van der Waals surface area contributed by atoms with E-state index < -0.39 is 0 Å². The predicted molar refractivity (Wildman–Crippen MR) is 94.2 cm³/mol. The molecule has 1 heteroatoms. The highest BCUT2D eigenvalue weighted by Gasteiger charge is 2.08. The quantitative estimate of drug-likeness (QED) is 0.658. The van der Waals surface area contributed by atoms with Gasteiger partial charge < -0.3 is 5.32 Å². The Balaban J connectivity index is 1.72. The van der Waals surface area contributed by atoms with Crippen LogP contribution >= 0.6 is 0 Å². The fourth-order valence-electron chi connectivity index (χ4n) is 2.67. The van der Waals surface area contributed by atoms with E-state index in [9.17, 15) is 0 Å². The Bertz CT molecular complexity index is 704. The molecule has 0 saturated carbocycles. The summed E-state index contributed by atoms with van der Waals surface area (Å²) in [6, 6.07) is 29.8. The maximum Gasteiger partial charge on any atom is 0.0400 e. The Kier molecular flexibility index (Phi) is 4.55. The molecule has 110 valence electrons. The van der Waals surface area contributed by atoms with E-state index in [0.29, 0.717) is 5.92 Å². The van der Waals surface area contributed by atoms with Gasteiger partial charge in [-0.3, -0.25) is 0 Å². The molecule has 1 nitrogen and oxygen atoms in total. The smallest absolute Gasteiger partial charge is 0.0400 e. The third-order valence-corrected chi connectivity index (χ3v) is 4.02. The first-order valence-electron chi connectivity index (χ1n) is 7.75. The molecular weight excluding hydrogens is 266 g/mol. The van der Waals surface area contributed by atoms with Crippen LogP contribution in [0.2, 0.25) is 0 Å². The van der Waals surface area contributed by atoms with Gasteiger partial charge in [0.1, 0.15) is 0 Å². The fourth-order valence-corrected chi connectivity index (χ4v) is 2.67. The van der Waals surface area contributed by atoms with Crippen molar-refractivity contribution in [3.63, 3.8) is 0 Å². The summed E-state index contributed by atoms with van der Waals surface area (Å²) in [7, 11) is 0. The van der Waals surface area contributed by atoms with Crippen molar-refractivity contribution in [2.75, 3.05) is 5.32 Å². The van der Waals surface area contributed by atoms with E-state index in [4.69, 9.17) is 0 Å². The van der Waals surface area contributed by atoms with Crippen molar-refractivity contribution in [2.24, 2.45) is 0 Å². The molecule has 22 heavy (non-hydrogen) atoms. The number of benzene rings is 3. The topological polar surface area (TPSA) is 12.0 Å². The lowest BCUT2D eigenvalue weighted by Gasteiger charge is -2.14. The van der Waals surface area contributed by atoms with Crippen LogP contribution in [0, 0.1) is 0 Å². The van der Waals surface area contributed by atoms with E-state index in [1.54, 1.807) is 0 Å². The molecule has 0 radical (unpaired) electrons. The number of nitrogens with one attached hydrogen (secondary N) is 1. The number of hydrogen-bond acceptors (Lipinski definition) is 1. The Hall–Kier alpha value is -2.54. The van der Waals surface area contributed by atoms with Gasteiger partial charge in [0.15, 0.2) is 0 Å². The molecule has 3 aromatic carbocycles. The van der Waals surface area contributed by atoms with Gasteiger partial charge in [0, 0.05) is 18.2 Å². The lowest BCUT2D eigenvalue weighted by molar-refractivity contribution is 0.917. The van der Waals surface area contributed by atoms with Crippen LogP contribution in [0.25, 0.3) is 0 Å². The molecule has 3 aromatic rings. The molecule has 0 bridgehead atoms. The maximum absolute atomic E-state index is 3.47. The minimum atomic E-state index is 0.415. The largest absolute Gasteiger partial charge is 0.381 e. The van der Waals surface area contributed by atoms with E-state index in [1.165, 1.54) is 16.7 Å². The second-order valence-electron chi connectivity index (χ2n) is 5.60. The summed E-state index contributed by atoms with van der Waals surface area (Å²) in [5.41, 5.74) is 5.18. The zero-order chi connectivity index (χ0) is 15.2. The Morgan fingerprint density at radius 3 is 2.09 bits per heavy atom. The first-order valence-corrected chi connectivity index (χ1v) is 7.75. The highest BCUT2D eigenvalue weighted by atomic mass is 14.9. The van der Waals surface area contributed by atoms with Crippen molar-refractivity contribution in [1.29, 1.82) is 0 Å². The van der Waals surface area contributed by atoms with Gasteiger partial charge in [0.2, 0.25) is 0 Å². The second-order valence-corrected chi connectivity index (χ2v) is 5.60. The van der Waals surface area contributed by atoms with Crippen molar-refractivity contribution in [3.8, 4) is 0 Å².